The summed E-state index contributed by atoms with van der Waals surface area (Å²) in [6.45, 7) is 3.75. The molecule has 0 saturated heterocycles. The Hall–Kier alpha value is -2.49. The van der Waals surface area contributed by atoms with Crippen LogP contribution in [0.3, 0.4) is 0 Å². The van der Waals surface area contributed by atoms with Gasteiger partial charge in [-0.2, -0.15) is 0 Å². The summed E-state index contributed by atoms with van der Waals surface area (Å²) in [5.74, 6) is -0.140. The summed E-state index contributed by atoms with van der Waals surface area (Å²) in [5, 5.41) is 8.57. The molecule has 0 aliphatic rings. The lowest BCUT2D eigenvalue weighted by Gasteiger charge is -2.15. The van der Waals surface area contributed by atoms with Gasteiger partial charge < -0.3 is 20.1 Å². The number of methoxy groups -OCH3 is 1. The molecule has 0 fully saturated rings. The third kappa shape index (κ3) is 9.40. The number of carbonyl (C=O) groups is 2. The quantitative estimate of drug-likeness (QED) is 0.232. The van der Waals surface area contributed by atoms with Crippen molar-refractivity contribution in [2.45, 2.75) is 39.0 Å². The van der Waals surface area contributed by atoms with Crippen LogP contribution in [-0.4, -0.2) is 43.8 Å². The summed E-state index contributed by atoms with van der Waals surface area (Å²) < 4.78 is 11.6. The average molecular weight is 551 g/mol. The molecule has 2 aromatic rings. The zero-order valence-electron chi connectivity index (χ0n) is 19.6. The predicted octanol–water partition coefficient (Wildman–Crippen LogP) is 5.30. The van der Waals surface area contributed by atoms with E-state index in [1.807, 2.05) is 6.07 Å². The smallest absolute Gasteiger partial charge is 0.261 e. The van der Waals surface area contributed by atoms with E-state index in [0.717, 1.165) is 30.2 Å². The van der Waals surface area contributed by atoms with Crippen LogP contribution in [0.1, 0.15) is 59.7 Å². The van der Waals surface area contributed by atoms with Crippen molar-refractivity contribution in [3.05, 3.63) is 58.1 Å². The highest BCUT2D eigenvalue weighted by Crippen LogP contribution is 2.24. The number of anilines is 1. The third-order valence-electron chi connectivity index (χ3n) is 4.90. The van der Waals surface area contributed by atoms with Crippen molar-refractivity contribution in [2.24, 2.45) is 0 Å². The van der Waals surface area contributed by atoms with E-state index in [1.165, 1.54) is 0 Å². The number of ether oxygens (including phenoxy) is 2. The molecule has 0 bridgehead atoms. The van der Waals surface area contributed by atoms with Crippen molar-refractivity contribution >= 4 is 50.8 Å². The van der Waals surface area contributed by atoms with Gasteiger partial charge in [0.25, 0.3) is 11.8 Å². The molecule has 3 N–H and O–H groups in total. The second-order valence-corrected chi connectivity index (χ2v) is 8.93. The fraction of sp³-hybridized carbons (Fsp3) is 0.400. The molecule has 0 aliphatic heterocycles. The van der Waals surface area contributed by atoms with Gasteiger partial charge in [-0.25, -0.2) is 0 Å². The van der Waals surface area contributed by atoms with Gasteiger partial charge in [0.15, 0.2) is 5.11 Å². The lowest BCUT2D eigenvalue weighted by molar-refractivity contribution is 0.0947. The van der Waals surface area contributed by atoms with E-state index in [2.05, 4.69) is 38.8 Å². The van der Waals surface area contributed by atoms with Crippen LogP contribution in [-0.2, 0) is 4.74 Å². The SMILES string of the molecule is CCCCCCOc1ccc(Br)cc1C(=O)NC(=S)Nc1ccccc1C(=O)NCCCOC. The molecule has 184 valence electrons. The van der Waals surface area contributed by atoms with Crippen LogP contribution in [0, 0.1) is 0 Å². The van der Waals surface area contributed by atoms with Crippen molar-refractivity contribution in [3.63, 3.8) is 0 Å². The summed E-state index contributed by atoms with van der Waals surface area (Å²) in [6.07, 6.45) is 5.03. The third-order valence-corrected chi connectivity index (χ3v) is 5.60. The number of amides is 2. The number of halogens is 1. The van der Waals surface area contributed by atoms with Crippen molar-refractivity contribution in [1.82, 2.24) is 10.6 Å². The summed E-state index contributed by atoms with van der Waals surface area (Å²) >= 11 is 8.75. The number of rotatable bonds is 13. The van der Waals surface area contributed by atoms with Gasteiger partial charge in [0.05, 0.1) is 23.4 Å². The van der Waals surface area contributed by atoms with Crippen molar-refractivity contribution in [1.29, 1.82) is 0 Å². The molecule has 2 aromatic carbocycles. The highest BCUT2D eigenvalue weighted by atomic mass is 79.9. The van der Waals surface area contributed by atoms with Crippen LogP contribution in [0.25, 0.3) is 0 Å². The van der Waals surface area contributed by atoms with Gasteiger partial charge in [-0.3, -0.25) is 14.9 Å². The lowest BCUT2D eigenvalue weighted by atomic mass is 10.1. The molecule has 0 saturated carbocycles. The summed E-state index contributed by atoms with van der Waals surface area (Å²) in [5.41, 5.74) is 1.30. The number of benzene rings is 2. The Morgan fingerprint density at radius 2 is 1.76 bits per heavy atom. The maximum absolute atomic E-state index is 12.9. The van der Waals surface area contributed by atoms with E-state index in [4.69, 9.17) is 21.7 Å². The largest absolute Gasteiger partial charge is 0.493 e. The molecule has 9 heteroatoms. The molecule has 34 heavy (non-hydrogen) atoms. The molecule has 0 heterocycles. The van der Waals surface area contributed by atoms with Gasteiger partial charge in [0, 0.05) is 24.7 Å². The molecule has 0 aromatic heterocycles. The Morgan fingerprint density at radius 1 is 0.971 bits per heavy atom. The minimum atomic E-state index is -0.399. The molecule has 0 aliphatic carbocycles. The first-order valence-electron chi connectivity index (χ1n) is 11.4. The van der Waals surface area contributed by atoms with Crippen LogP contribution in [0.15, 0.2) is 46.9 Å². The number of nitrogens with one attached hydrogen (secondary N) is 3. The second-order valence-electron chi connectivity index (χ2n) is 7.61. The number of carbonyl (C=O) groups excluding carboxylic acids is 2. The van der Waals surface area contributed by atoms with E-state index in [0.29, 0.717) is 48.7 Å². The molecule has 2 amide bonds. The van der Waals surface area contributed by atoms with Crippen LogP contribution < -0.4 is 20.7 Å². The van der Waals surface area contributed by atoms with Crippen LogP contribution in [0.2, 0.25) is 0 Å². The van der Waals surface area contributed by atoms with Gasteiger partial charge in [0.2, 0.25) is 0 Å². The zero-order chi connectivity index (χ0) is 24.8. The normalized spacial score (nSPS) is 10.4. The minimum Gasteiger partial charge on any atom is -0.493 e. The molecule has 0 spiro atoms. The van der Waals surface area contributed by atoms with E-state index < -0.39 is 5.91 Å². The fourth-order valence-corrected chi connectivity index (χ4v) is 3.71. The first kappa shape index (κ1) is 27.8. The maximum atomic E-state index is 12.9. The van der Waals surface area contributed by atoms with Crippen molar-refractivity contribution in [3.8, 4) is 5.75 Å². The average Bonchev–Trinajstić information content (AvgIpc) is 2.82. The Morgan fingerprint density at radius 3 is 2.53 bits per heavy atom. The van der Waals surface area contributed by atoms with Gasteiger partial charge in [-0.1, -0.05) is 54.2 Å². The molecular weight excluding hydrogens is 518 g/mol. The Balaban J connectivity index is 2.01. The van der Waals surface area contributed by atoms with Gasteiger partial charge in [0.1, 0.15) is 5.75 Å². The van der Waals surface area contributed by atoms with Crippen molar-refractivity contribution in [2.75, 3.05) is 32.2 Å². The summed E-state index contributed by atoms with van der Waals surface area (Å²) in [7, 11) is 1.62. The molecule has 2 rings (SSSR count). The first-order chi connectivity index (χ1) is 16.5. The number of hydrogen-bond acceptors (Lipinski definition) is 5. The summed E-state index contributed by atoms with van der Waals surface area (Å²) in [6, 6.07) is 12.3. The number of para-hydroxylation sites is 1. The molecule has 0 radical (unpaired) electrons. The highest BCUT2D eigenvalue weighted by Gasteiger charge is 2.17. The summed E-state index contributed by atoms with van der Waals surface area (Å²) in [4.78, 5) is 25.5. The molecule has 0 atom stereocenters. The number of unbranched alkanes of at least 4 members (excludes halogenated alkanes) is 3. The fourth-order valence-electron chi connectivity index (χ4n) is 3.14. The maximum Gasteiger partial charge on any atom is 0.261 e. The van der Waals surface area contributed by atoms with E-state index >= 15 is 0 Å². The van der Waals surface area contributed by atoms with E-state index in [1.54, 1.807) is 43.5 Å². The second kappa shape index (κ2) is 15.4. The van der Waals surface area contributed by atoms with Gasteiger partial charge in [-0.05, 0) is 55.4 Å². The predicted molar refractivity (Wildman–Crippen MR) is 143 cm³/mol. The topological polar surface area (TPSA) is 88.7 Å². The highest BCUT2D eigenvalue weighted by molar-refractivity contribution is 9.10. The molecular formula is C25H32BrN3O4S. The Labute approximate surface area is 215 Å². The lowest BCUT2D eigenvalue weighted by Crippen LogP contribution is -2.35. The monoisotopic (exact) mass is 549 g/mol. The number of hydrogen-bond donors (Lipinski definition) is 3. The first-order valence-corrected chi connectivity index (χ1v) is 12.6. The van der Waals surface area contributed by atoms with E-state index in [9.17, 15) is 9.59 Å². The Kier molecular flexibility index (Phi) is 12.6. The molecule has 7 nitrogen and oxygen atoms in total. The zero-order valence-corrected chi connectivity index (χ0v) is 22.0. The Bertz CT molecular complexity index is 971. The van der Waals surface area contributed by atoms with Crippen LogP contribution in [0.5, 0.6) is 5.75 Å². The van der Waals surface area contributed by atoms with E-state index in [-0.39, 0.29) is 11.0 Å². The molecule has 0 unspecified atom stereocenters. The van der Waals surface area contributed by atoms with Crippen molar-refractivity contribution < 1.29 is 19.1 Å². The minimum absolute atomic E-state index is 0.0819. The van der Waals surface area contributed by atoms with Crippen LogP contribution >= 0.6 is 28.1 Å². The van der Waals surface area contributed by atoms with Crippen LogP contribution in [0.4, 0.5) is 5.69 Å². The van der Waals surface area contributed by atoms with Gasteiger partial charge >= 0.3 is 0 Å². The number of thiocarbonyl (C=S) groups is 1. The van der Waals surface area contributed by atoms with Gasteiger partial charge in [-0.15, -0.1) is 0 Å². The standard InChI is InChI=1S/C25H32BrN3O4S/c1-3-4-5-8-16-33-22-13-12-18(26)17-20(22)24(31)29-25(34)28-21-11-7-6-10-19(21)23(30)27-14-9-15-32-2/h6-7,10-13,17H,3-5,8-9,14-16H2,1-2H3,(H,27,30)(H2,28,29,31,34).